The SMILES string of the molecule is O=C1OC[C@@H]([C@H](Cl)c2ccccc2)O1. The number of benzene rings is 1. The third-order valence-corrected chi connectivity index (χ3v) is 2.59. The quantitative estimate of drug-likeness (QED) is 0.558. The van der Waals surface area contributed by atoms with E-state index in [0.717, 1.165) is 5.56 Å². The van der Waals surface area contributed by atoms with Crippen LogP contribution in [0.1, 0.15) is 10.9 Å². The Kier molecular flexibility index (Phi) is 2.59. The minimum atomic E-state index is -0.642. The first-order chi connectivity index (χ1) is 6.77. The Morgan fingerprint density at radius 3 is 2.64 bits per heavy atom. The van der Waals surface area contributed by atoms with Gasteiger partial charge in [0.25, 0.3) is 0 Å². The summed E-state index contributed by atoms with van der Waals surface area (Å²) in [4.78, 5) is 10.7. The summed E-state index contributed by atoms with van der Waals surface area (Å²) < 4.78 is 9.55. The molecular weight excluding hydrogens is 204 g/mol. The fourth-order valence-corrected chi connectivity index (χ4v) is 1.61. The summed E-state index contributed by atoms with van der Waals surface area (Å²) in [6.45, 7) is 0.224. The Balaban J connectivity index is 2.09. The maximum atomic E-state index is 10.7. The van der Waals surface area contributed by atoms with E-state index in [0.29, 0.717) is 0 Å². The highest BCUT2D eigenvalue weighted by atomic mass is 35.5. The molecule has 0 amide bonds. The number of cyclic esters (lactones) is 2. The second-order valence-corrected chi connectivity index (χ2v) is 3.50. The maximum Gasteiger partial charge on any atom is 0.508 e. The summed E-state index contributed by atoms with van der Waals surface area (Å²) in [6, 6.07) is 9.47. The van der Waals surface area contributed by atoms with Gasteiger partial charge < -0.3 is 9.47 Å². The van der Waals surface area contributed by atoms with E-state index in [-0.39, 0.29) is 18.1 Å². The minimum Gasteiger partial charge on any atom is -0.430 e. The van der Waals surface area contributed by atoms with E-state index in [1.165, 1.54) is 0 Å². The Morgan fingerprint density at radius 1 is 1.36 bits per heavy atom. The molecule has 2 rings (SSSR count). The molecule has 1 fully saturated rings. The standard InChI is InChI=1S/C10H9ClO3/c11-9(7-4-2-1-3-5-7)8-6-13-10(12)14-8/h1-5,8-9H,6H2/t8-,9+/m0/s1. The normalized spacial score (nSPS) is 22.6. The lowest BCUT2D eigenvalue weighted by Crippen LogP contribution is -2.16. The fourth-order valence-electron chi connectivity index (χ4n) is 1.34. The van der Waals surface area contributed by atoms with Crippen LogP contribution in [-0.4, -0.2) is 18.9 Å². The van der Waals surface area contributed by atoms with E-state index in [1.807, 2.05) is 30.3 Å². The van der Waals surface area contributed by atoms with Gasteiger partial charge in [0.1, 0.15) is 6.61 Å². The van der Waals surface area contributed by atoms with Crippen LogP contribution in [0.4, 0.5) is 4.79 Å². The van der Waals surface area contributed by atoms with Crippen LogP contribution in [0.5, 0.6) is 0 Å². The first kappa shape index (κ1) is 9.34. The van der Waals surface area contributed by atoms with E-state index in [4.69, 9.17) is 16.3 Å². The molecule has 74 valence electrons. The van der Waals surface area contributed by atoms with E-state index in [9.17, 15) is 4.79 Å². The smallest absolute Gasteiger partial charge is 0.430 e. The number of hydrogen-bond acceptors (Lipinski definition) is 3. The molecule has 1 aromatic carbocycles. The van der Waals surface area contributed by atoms with Gasteiger partial charge in [0.15, 0.2) is 6.10 Å². The van der Waals surface area contributed by atoms with E-state index in [1.54, 1.807) is 0 Å². The molecule has 1 aliphatic heterocycles. The molecule has 1 saturated heterocycles. The molecule has 1 heterocycles. The van der Waals surface area contributed by atoms with Crippen LogP contribution in [0.3, 0.4) is 0 Å². The van der Waals surface area contributed by atoms with Crippen molar-refractivity contribution in [3.63, 3.8) is 0 Å². The second kappa shape index (κ2) is 3.88. The van der Waals surface area contributed by atoms with Crippen molar-refractivity contribution in [2.24, 2.45) is 0 Å². The monoisotopic (exact) mass is 212 g/mol. The van der Waals surface area contributed by atoms with Gasteiger partial charge in [-0.05, 0) is 5.56 Å². The molecule has 0 bridgehead atoms. The van der Waals surface area contributed by atoms with Gasteiger partial charge in [-0.1, -0.05) is 30.3 Å². The first-order valence-electron chi connectivity index (χ1n) is 4.30. The molecule has 0 radical (unpaired) electrons. The molecule has 0 saturated carbocycles. The minimum absolute atomic E-state index is 0.224. The van der Waals surface area contributed by atoms with Gasteiger partial charge in [-0.3, -0.25) is 0 Å². The van der Waals surface area contributed by atoms with Crippen molar-refractivity contribution in [3.05, 3.63) is 35.9 Å². The summed E-state index contributed by atoms with van der Waals surface area (Å²) in [6.07, 6.45) is -1.02. The molecule has 1 aliphatic rings. The van der Waals surface area contributed by atoms with Gasteiger partial charge >= 0.3 is 6.16 Å². The topological polar surface area (TPSA) is 35.5 Å². The summed E-state index contributed by atoms with van der Waals surface area (Å²) in [7, 11) is 0. The maximum absolute atomic E-state index is 10.7. The Labute approximate surface area is 86.6 Å². The van der Waals surface area contributed by atoms with Gasteiger partial charge in [-0.15, -0.1) is 11.6 Å². The zero-order valence-corrected chi connectivity index (χ0v) is 8.11. The Morgan fingerprint density at radius 2 is 2.07 bits per heavy atom. The van der Waals surface area contributed by atoms with Crippen molar-refractivity contribution >= 4 is 17.8 Å². The number of alkyl halides is 1. The van der Waals surface area contributed by atoms with E-state index < -0.39 is 6.16 Å². The molecule has 1 aromatic rings. The van der Waals surface area contributed by atoms with Gasteiger partial charge in [-0.2, -0.15) is 0 Å². The predicted octanol–water partition coefficient (Wildman–Crippen LogP) is 2.50. The van der Waals surface area contributed by atoms with Crippen LogP contribution in [0.25, 0.3) is 0 Å². The zero-order valence-electron chi connectivity index (χ0n) is 7.35. The lowest BCUT2D eigenvalue weighted by atomic mass is 10.1. The number of hydrogen-bond donors (Lipinski definition) is 0. The number of carbonyl (C=O) groups is 1. The lowest BCUT2D eigenvalue weighted by molar-refractivity contribution is 0.117. The number of carbonyl (C=O) groups excluding carboxylic acids is 1. The van der Waals surface area contributed by atoms with E-state index in [2.05, 4.69) is 4.74 Å². The highest BCUT2D eigenvalue weighted by Gasteiger charge is 2.32. The molecule has 0 aliphatic carbocycles. The third-order valence-electron chi connectivity index (χ3n) is 2.06. The first-order valence-corrected chi connectivity index (χ1v) is 4.73. The summed E-state index contributed by atoms with van der Waals surface area (Å²) in [5.41, 5.74) is 0.928. The summed E-state index contributed by atoms with van der Waals surface area (Å²) in [5, 5.41) is -0.345. The number of ether oxygens (including phenoxy) is 2. The summed E-state index contributed by atoms with van der Waals surface area (Å²) >= 11 is 6.12. The average molecular weight is 213 g/mol. The van der Waals surface area contributed by atoms with Gasteiger partial charge in [0.2, 0.25) is 0 Å². The van der Waals surface area contributed by atoms with Gasteiger partial charge in [0.05, 0.1) is 5.38 Å². The predicted molar refractivity (Wildman–Crippen MR) is 51.3 cm³/mol. The molecule has 0 aromatic heterocycles. The third kappa shape index (κ3) is 1.82. The largest absolute Gasteiger partial charge is 0.508 e. The number of rotatable bonds is 2. The molecule has 3 nitrogen and oxygen atoms in total. The van der Waals surface area contributed by atoms with Crippen LogP contribution in [-0.2, 0) is 9.47 Å². The molecule has 2 atom stereocenters. The van der Waals surface area contributed by atoms with Crippen molar-refractivity contribution in [1.29, 1.82) is 0 Å². The van der Waals surface area contributed by atoms with Crippen molar-refractivity contribution in [1.82, 2.24) is 0 Å². The fraction of sp³-hybridized carbons (Fsp3) is 0.300. The zero-order chi connectivity index (χ0) is 9.97. The Hall–Kier alpha value is -1.22. The second-order valence-electron chi connectivity index (χ2n) is 3.03. The Bertz CT molecular complexity index is 325. The van der Waals surface area contributed by atoms with Crippen molar-refractivity contribution in [2.45, 2.75) is 11.5 Å². The van der Waals surface area contributed by atoms with Crippen LogP contribution < -0.4 is 0 Å². The van der Waals surface area contributed by atoms with Gasteiger partial charge in [0, 0.05) is 0 Å². The molecular formula is C10H9ClO3. The van der Waals surface area contributed by atoms with Crippen LogP contribution in [0.2, 0.25) is 0 Å². The highest BCUT2D eigenvalue weighted by molar-refractivity contribution is 6.21. The molecule has 14 heavy (non-hydrogen) atoms. The number of halogens is 1. The molecule has 4 heteroatoms. The molecule has 0 spiro atoms. The van der Waals surface area contributed by atoms with Crippen LogP contribution >= 0.6 is 11.6 Å². The van der Waals surface area contributed by atoms with Crippen molar-refractivity contribution < 1.29 is 14.3 Å². The lowest BCUT2D eigenvalue weighted by Gasteiger charge is -2.13. The van der Waals surface area contributed by atoms with Crippen molar-refractivity contribution in [2.75, 3.05) is 6.61 Å². The average Bonchev–Trinajstić information content (AvgIpc) is 2.65. The van der Waals surface area contributed by atoms with Gasteiger partial charge in [-0.25, -0.2) is 4.79 Å². The van der Waals surface area contributed by atoms with E-state index >= 15 is 0 Å². The summed E-state index contributed by atoms with van der Waals surface area (Å²) in [5.74, 6) is 0. The van der Waals surface area contributed by atoms with Crippen molar-refractivity contribution in [3.8, 4) is 0 Å². The van der Waals surface area contributed by atoms with Crippen LogP contribution in [0.15, 0.2) is 30.3 Å². The highest BCUT2D eigenvalue weighted by Crippen LogP contribution is 2.29. The van der Waals surface area contributed by atoms with Crippen LogP contribution in [0, 0.1) is 0 Å². The molecule has 0 unspecified atom stereocenters. The molecule has 0 N–H and O–H groups in total.